The maximum Gasteiger partial charge on any atom is 0.416 e. The third-order valence-electron chi connectivity index (χ3n) is 7.28. The number of carbonyl (C=O) groups is 2. The molecule has 1 aromatic carbocycles. The van der Waals surface area contributed by atoms with Crippen LogP contribution in [0.5, 0.6) is 0 Å². The van der Waals surface area contributed by atoms with Crippen LogP contribution in [0.1, 0.15) is 61.6 Å². The number of halogens is 6. The van der Waals surface area contributed by atoms with Crippen molar-refractivity contribution < 1.29 is 50.2 Å². The fourth-order valence-corrected chi connectivity index (χ4v) is 5.43. The molecule has 1 atom stereocenters. The Kier molecular flexibility index (Phi) is 8.49. The summed E-state index contributed by atoms with van der Waals surface area (Å²) in [6.45, 7) is 1.18. The van der Waals surface area contributed by atoms with Crippen molar-refractivity contribution in [2.24, 2.45) is 5.92 Å². The Labute approximate surface area is 226 Å². The molecule has 1 aliphatic carbocycles. The molecule has 2 aliphatic rings. The van der Waals surface area contributed by atoms with E-state index in [1.165, 1.54) is 0 Å². The smallest absolute Gasteiger partial charge is 0.416 e. The van der Waals surface area contributed by atoms with Crippen LogP contribution < -0.4 is 4.90 Å². The van der Waals surface area contributed by atoms with E-state index < -0.39 is 65.1 Å². The van der Waals surface area contributed by atoms with Crippen molar-refractivity contribution in [2.75, 3.05) is 31.0 Å². The molecule has 2 aromatic rings. The second kappa shape index (κ2) is 11.2. The van der Waals surface area contributed by atoms with Crippen LogP contribution >= 0.6 is 11.6 Å². The van der Waals surface area contributed by atoms with Gasteiger partial charge in [-0.05, 0) is 37.5 Å². The number of benzene rings is 1. The van der Waals surface area contributed by atoms with Crippen molar-refractivity contribution in [1.82, 2.24) is 0 Å². The Bertz CT molecular complexity index is 1210. The number of fused-ring (bicyclic) bond motifs is 1. The standard InChI is InChI=1S/C26H29ClF5NO6/c1-3-4-17-13-37-24(39-17)9-7-15(8-10-24)25(28,29)14-33(20(34)12-27)21-18-11-16(26(30,31)32)5-6-19(18)38-22(21)23(35)36-2/h5-6,11,15,17H,3-4,7-10,12-14H2,1-2H3. The van der Waals surface area contributed by atoms with E-state index in [9.17, 15) is 22.8 Å². The molecule has 1 aliphatic heterocycles. The zero-order valence-corrected chi connectivity index (χ0v) is 22.2. The van der Waals surface area contributed by atoms with Gasteiger partial charge in [-0.15, -0.1) is 11.6 Å². The number of methoxy groups -OCH3 is 1. The first kappa shape index (κ1) is 29.5. The molecule has 0 radical (unpaired) electrons. The monoisotopic (exact) mass is 581 g/mol. The largest absolute Gasteiger partial charge is 0.463 e. The van der Waals surface area contributed by atoms with E-state index in [0.29, 0.717) is 17.6 Å². The molecule has 1 saturated heterocycles. The van der Waals surface area contributed by atoms with Gasteiger partial charge in [-0.1, -0.05) is 13.3 Å². The minimum Gasteiger partial charge on any atom is -0.463 e. The highest BCUT2D eigenvalue weighted by molar-refractivity contribution is 6.30. The van der Waals surface area contributed by atoms with E-state index in [1.54, 1.807) is 0 Å². The van der Waals surface area contributed by atoms with Crippen LogP contribution in [0.15, 0.2) is 22.6 Å². The van der Waals surface area contributed by atoms with Gasteiger partial charge in [0, 0.05) is 24.1 Å². The summed E-state index contributed by atoms with van der Waals surface area (Å²) in [6, 6.07) is 2.30. The summed E-state index contributed by atoms with van der Waals surface area (Å²) in [5, 5.41) is -0.350. The van der Waals surface area contributed by atoms with E-state index in [0.717, 1.165) is 32.1 Å². The SMILES string of the molecule is CCCC1COC2(CCC(C(F)(F)CN(C(=O)CCl)c3c(C(=O)OC)oc4ccc(C(F)(F)F)cc34)CC2)O1. The van der Waals surface area contributed by atoms with E-state index >= 15 is 8.78 Å². The first-order chi connectivity index (χ1) is 18.3. The van der Waals surface area contributed by atoms with Crippen molar-refractivity contribution >= 4 is 40.1 Å². The first-order valence-corrected chi connectivity index (χ1v) is 13.2. The number of hydrogen-bond donors (Lipinski definition) is 0. The van der Waals surface area contributed by atoms with Crippen LogP contribution in [0.3, 0.4) is 0 Å². The number of furan rings is 1. The number of hydrogen-bond acceptors (Lipinski definition) is 6. The second-order valence-corrected chi connectivity index (χ2v) is 10.1. The lowest BCUT2D eigenvalue weighted by Gasteiger charge is -2.39. The lowest BCUT2D eigenvalue weighted by atomic mass is 9.81. The van der Waals surface area contributed by atoms with Crippen molar-refractivity contribution in [3.63, 3.8) is 0 Å². The maximum absolute atomic E-state index is 15.8. The predicted molar refractivity (Wildman–Crippen MR) is 131 cm³/mol. The number of esters is 1. The molecule has 0 N–H and O–H groups in total. The van der Waals surface area contributed by atoms with Gasteiger partial charge in [-0.25, -0.2) is 13.6 Å². The zero-order valence-electron chi connectivity index (χ0n) is 21.4. The van der Waals surface area contributed by atoms with E-state index in [-0.39, 0.29) is 42.8 Å². The highest BCUT2D eigenvalue weighted by Gasteiger charge is 2.51. The van der Waals surface area contributed by atoms with Gasteiger partial charge in [0.05, 0.1) is 31.9 Å². The van der Waals surface area contributed by atoms with Gasteiger partial charge in [-0.3, -0.25) is 4.79 Å². The molecule has 1 amide bonds. The predicted octanol–water partition coefficient (Wildman–Crippen LogP) is 6.55. The van der Waals surface area contributed by atoms with Gasteiger partial charge in [0.1, 0.15) is 17.2 Å². The molecule has 1 saturated carbocycles. The van der Waals surface area contributed by atoms with Crippen molar-refractivity contribution in [3.8, 4) is 0 Å². The van der Waals surface area contributed by atoms with Gasteiger partial charge in [0.2, 0.25) is 11.7 Å². The van der Waals surface area contributed by atoms with Gasteiger partial charge in [-0.2, -0.15) is 13.2 Å². The summed E-state index contributed by atoms with van der Waals surface area (Å²) in [4.78, 5) is 25.8. The average Bonchev–Trinajstić information content (AvgIpc) is 3.47. The Morgan fingerprint density at radius 1 is 1.18 bits per heavy atom. The molecule has 1 aromatic heterocycles. The molecule has 1 spiro atoms. The van der Waals surface area contributed by atoms with Crippen LogP contribution in [0, 0.1) is 5.92 Å². The Balaban J connectivity index is 1.65. The van der Waals surface area contributed by atoms with Gasteiger partial charge < -0.3 is 23.5 Å². The minimum absolute atomic E-state index is 0.0307. The second-order valence-electron chi connectivity index (χ2n) is 9.88. The van der Waals surface area contributed by atoms with Crippen LogP contribution in [-0.4, -0.2) is 55.8 Å². The van der Waals surface area contributed by atoms with Crippen LogP contribution in [0.2, 0.25) is 0 Å². The molecule has 216 valence electrons. The molecule has 13 heteroatoms. The molecule has 1 unspecified atom stereocenters. The Hall–Kier alpha value is -2.44. The summed E-state index contributed by atoms with van der Waals surface area (Å²) in [5.41, 5.74) is -1.88. The molecular weight excluding hydrogens is 553 g/mol. The number of rotatable bonds is 8. The maximum atomic E-state index is 15.8. The number of carbonyl (C=O) groups excluding carboxylic acids is 2. The van der Waals surface area contributed by atoms with Crippen molar-refractivity contribution in [3.05, 3.63) is 29.5 Å². The van der Waals surface area contributed by atoms with E-state index in [4.69, 9.17) is 25.5 Å². The quantitative estimate of drug-likeness (QED) is 0.200. The number of amides is 1. The summed E-state index contributed by atoms with van der Waals surface area (Å²) in [5.74, 6) is -9.23. The molecule has 0 bridgehead atoms. The normalized spacial score (nSPS) is 23.9. The summed E-state index contributed by atoms with van der Waals surface area (Å²) < 4.78 is 93.8. The van der Waals surface area contributed by atoms with Crippen molar-refractivity contribution in [2.45, 2.75) is 69.4 Å². The van der Waals surface area contributed by atoms with Gasteiger partial charge in [0.15, 0.2) is 5.79 Å². The molecular formula is C26H29ClF5NO6. The highest BCUT2D eigenvalue weighted by Crippen LogP contribution is 2.47. The van der Waals surface area contributed by atoms with Crippen LogP contribution in [0.25, 0.3) is 11.0 Å². The fraction of sp³-hybridized carbons (Fsp3) is 0.615. The first-order valence-electron chi connectivity index (χ1n) is 12.6. The Morgan fingerprint density at radius 2 is 1.87 bits per heavy atom. The fourth-order valence-electron chi connectivity index (χ4n) is 5.29. The van der Waals surface area contributed by atoms with Crippen LogP contribution in [-0.2, 0) is 25.2 Å². The summed E-state index contributed by atoms with van der Waals surface area (Å²) in [7, 11) is 0.985. The van der Waals surface area contributed by atoms with Crippen molar-refractivity contribution in [1.29, 1.82) is 0 Å². The number of alkyl halides is 6. The van der Waals surface area contributed by atoms with E-state index in [2.05, 4.69) is 4.74 Å². The molecule has 39 heavy (non-hydrogen) atoms. The van der Waals surface area contributed by atoms with Gasteiger partial charge in [0.25, 0.3) is 5.92 Å². The summed E-state index contributed by atoms with van der Waals surface area (Å²) in [6.07, 6.45) is -2.65. The molecule has 7 nitrogen and oxygen atoms in total. The molecule has 2 fully saturated rings. The van der Waals surface area contributed by atoms with E-state index in [1.807, 2.05) is 6.92 Å². The van der Waals surface area contributed by atoms with Crippen LogP contribution in [0.4, 0.5) is 27.6 Å². The Morgan fingerprint density at radius 3 is 2.46 bits per heavy atom. The lowest BCUT2D eigenvalue weighted by Crippen LogP contribution is -2.48. The average molecular weight is 582 g/mol. The number of nitrogens with zero attached hydrogens (tertiary/aromatic N) is 1. The molecule has 4 rings (SSSR count). The lowest BCUT2D eigenvalue weighted by molar-refractivity contribution is -0.206. The third-order valence-corrected chi connectivity index (χ3v) is 7.51. The summed E-state index contributed by atoms with van der Waals surface area (Å²) >= 11 is 5.72. The topological polar surface area (TPSA) is 78.2 Å². The highest BCUT2D eigenvalue weighted by atomic mass is 35.5. The third kappa shape index (κ3) is 6.02. The zero-order chi connectivity index (χ0) is 28.6. The number of ether oxygens (including phenoxy) is 3. The van der Waals surface area contributed by atoms with Gasteiger partial charge >= 0.3 is 12.1 Å². The minimum atomic E-state index is -4.78. The number of anilines is 1. The molecule has 2 heterocycles.